The number of unbranched alkanes of at least 4 members (excludes halogenated alkanes) is 1. The van der Waals surface area contributed by atoms with Gasteiger partial charge in [-0.1, -0.05) is 0 Å². The fourth-order valence-electron chi connectivity index (χ4n) is 0.224. The molecule has 0 unspecified atom stereocenters. The Bertz CT molecular complexity index is 49.0. The van der Waals surface area contributed by atoms with Crippen molar-refractivity contribution < 1.29 is 25.3 Å². The van der Waals surface area contributed by atoms with E-state index in [9.17, 15) is 0 Å². The summed E-state index contributed by atoms with van der Waals surface area (Å²) in [5, 5.41) is 37.7. The van der Waals surface area contributed by atoms with E-state index in [-0.39, 0.29) is 64.6 Å². The summed E-state index contributed by atoms with van der Waals surface area (Å²) in [4.78, 5) is 0. The van der Waals surface area contributed by atoms with Gasteiger partial charge in [-0.3, -0.25) is 0 Å². The van der Waals surface area contributed by atoms with Gasteiger partial charge in [-0.15, -0.1) is 0 Å². The molecule has 0 fully saturated rings. The third-order valence-electron chi connectivity index (χ3n) is 0.566. The van der Waals surface area contributed by atoms with Crippen LogP contribution in [0.4, 0.5) is 0 Å². The molecule has 0 aromatic rings. The molecule has 0 bridgehead atoms. The van der Waals surface area contributed by atoms with Crippen molar-refractivity contribution in [3.63, 3.8) is 0 Å². The second-order valence-electron chi connectivity index (χ2n) is 1.50. The monoisotopic (exact) mass is 192 g/mol. The Hall–Kier alpha value is 1.50. The summed E-state index contributed by atoms with van der Waals surface area (Å²) in [7, 11) is -2.17. The van der Waals surface area contributed by atoms with Crippen LogP contribution in [0.2, 0.25) is 0 Å². The van der Waals surface area contributed by atoms with Gasteiger partial charge >= 0.3 is 58.7 Å². The van der Waals surface area contributed by atoms with Crippen LogP contribution in [0.25, 0.3) is 0 Å². The van der Waals surface area contributed by atoms with Crippen molar-refractivity contribution in [1.82, 2.24) is 0 Å². The van der Waals surface area contributed by atoms with Crippen LogP contribution in [0.1, 0.15) is 12.8 Å². The quantitative estimate of drug-likeness (QED) is 0.243. The van der Waals surface area contributed by atoms with Gasteiger partial charge in [0.1, 0.15) is 0 Å². The van der Waals surface area contributed by atoms with E-state index in [1.54, 1.807) is 0 Å². The molecule has 0 radical (unpaired) electrons. The van der Waals surface area contributed by atoms with E-state index in [4.69, 9.17) is 25.3 Å². The summed E-state index contributed by atoms with van der Waals surface area (Å²) in [6, 6.07) is 0. The molecule has 0 aliphatic rings. The van der Waals surface area contributed by atoms with E-state index < -0.39 is 7.32 Å². The van der Waals surface area contributed by atoms with Crippen molar-refractivity contribution in [2.45, 2.75) is 12.8 Å². The number of aliphatic hydroxyl groups excluding tert-OH is 2. The first-order valence-electron chi connectivity index (χ1n) is 2.91. The van der Waals surface area contributed by atoms with Gasteiger partial charge in [-0.05, 0) is 12.8 Å². The van der Waals surface area contributed by atoms with Crippen LogP contribution in [-0.4, -0.2) is 97.2 Å². The average Bonchev–Trinajstić information content (AvgIpc) is 1.82. The molecule has 5 N–H and O–H groups in total. The van der Waals surface area contributed by atoms with Crippen LogP contribution < -0.4 is 0 Å². The molecule has 11 heavy (non-hydrogen) atoms. The molecule has 0 amide bonds. The zero-order chi connectivity index (χ0) is 8.41. The Morgan fingerprint density at radius 2 is 1.00 bits per heavy atom. The molecular weight excluding hydrogens is 178 g/mol. The molecule has 0 spiro atoms. The summed E-state index contributed by atoms with van der Waals surface area (Å²) in [6.07, 6.45) is 1.44. The summed E-state index contributed by atoms with van der Waals surface area (Å²) in [6.45, 7) is 0.390. The molecule has 0 aromatic carbocycles. The molecule has 0 aliphatic heterocycles. The zero-order valence-electron chi connectivity index (χ0n) is 5.64. The average molecular weight is 192 g/mol. The van der Waals surface area contributed by atoms with Crippen LogP contribution in [-0.2, 0) is 0 Å². The Kier molecular flexibility index (Phi) is 29.2. The van der Waals surface area contributed by atoms with Crippen molar-refractivity contribution in [1.29, 1.82) is 0 Å². The first kappa shape index (κ1) is 18.3. The number of hydrogen-bond donors (Lipinski definition) is 5. The van der Waals surface area contributed by atoms with E-state index in [2.05, 4.69) is 0 Å². The molecule has 0 aliphatic carbocycles. The predicted octanol–water partition coefficient (Wildman–Crippen LogP) is -2.95. The molecule has 0 atom stereocenters. The van der Waals surface area contributed by atoms with Crippen LogP contribution in [0.15, 0.2) is 0 Å². The van der Waals surface area contributed by atoms with Gasteiger partial charge in [0.2, 0.25) is 0 Å². The number of rotatable bonds is 3. The van der Waals surface area contributed by atoms with E-state index in [0.29, 0.717) is 0 Å². The molecule has 0 heterocycles. The molecule has 0 saturated heterocycles. The third-order valence-corrected chi connectivity index (χ3v) is 0.566. The van der Waals surface area contributed by atoms with E-state index in [1.165, 1.54) is 0 Å². The Morgan fingerprint density at radius 1 is 0.818 bits per heavy atom. The Labute approximate surface area is 109 Å². The fourth-order valence-corrected chi connectivity index (χ4v) is 0.224. The maximum atomic E-state index is 8.09. The van der Waals surface area contributed by atoms with Crippen LogP contribution in [0, 0.1) is 0 Å². The van der Waals surface area contributed by atoms with Gasteiger partial charge in [-0.25, -0.2) is 0 Å². The zero-order valence-corrected chi connectivity index (χ0v) is 5.64. The van der Waals surface area contributed by atoms with E-state index >= 15 is 0 Å². The maximum absolute atomic E-state index is 8.09. The first-order chi connectivity index (χ1) is 4.65. The SMILES string of the molecule is OB(O)O.OCCCCO.[KH]. The molecule has 0 aromatic heterocycles. The topological polar surface area (TPSA) is 101 Å². The van der Waals surface area contributed by atoms with Crippen molar-refractivity contribution in [2.75, 3.05) is 13.2 Å². The van der Waals surface area contributed by atoms with Gasteiger partial charge in [0.15, 0.2) is 0 Å². The normalized spacial score (nSPS) is 7.36. The third kappa shape index (κ3) is 51.2. The molecule has 0 rings (SSSR count). The van der Waals surface area contributed by atoms with Gasteiger partial charge in [-0.2, -0.15) is 0 Å². The van der Waals surface area contributed by atoms with Gasteiger partial charge in [0, 0.05) is 13.2 Å². The Morgan fingerprint density at radius 3 is 1.09 bits per heavy atom. The van der Waals surface area contributed by atoms with Crippen molar-refractivity contribution in [2.24, 2.45) is 0 Å². The molecule has 5 nitrogen and oxygen atoms in total. The van der Waals surface area contributed by atoms with Crippen LogP contribution >= 0.6 is 0 Å². The van der Waals surface area contributed by atoms with Crippen molar-refractivity contribution in [3.8, 4) is 0 Å². The fraction of sp³-hybridized carbons (Fsp3) is 1.00. The van der Waals surface area contributed by atoms with Crippen molar-refractivity contribution >= 4 is 58.7 Å². The second-order valence-corrected chi connectivity index (χ2v) is 1.50. The molecule has 7 heteroatoms. The summed E-state index contributed by atoms with van der Waals surface area (Å²) >= 11 is 0. The molecular formula is C4H14BKO5. The second kappa shape index (κ2) is 17.5. The first-order valence-corrected chi connectivity index (χ1v) is 2.91. The number of aliphatic hydroxyl groups is 2. The number of hydrogen-bond acceptors (Lipinski definition) is 5. The minimum atomic E-state index is -2.17. The molecule has 64 valence electrons. The Balaban J connectivity index is -0.000000114. The van der Waals surface area contributed by atoms with E-state index in [0.717, 1.165) is 12.8 Å². The standard InChI is InChI=1S/C4H10O2.BH3O3.K.H/c5-3-1-2-4-6;2-1(3)4;;/h5-6H,1-4H2;2-4H;;. The van der Waals surface area contributed by atoms with Crippen LogP contribution in [0.5, 0.6) is 0 Å². The summed E-state index contributed by atoms with van der Waals surface area (Å²) < 4.78 is 0. The minimum absolute atomic E-state index is 0. The van der Waals surface area contributed by atoms with Crippen molar-refractivity contribution in [3.05, 3.63) is 0 Å². The van der Waals surface area contributed by atoms with E-state index in [1.807, 2.05) is 0 Å². The van der Waals surface area contributed by atoms with Crippen LogP contribution in [0.3, 0.4) is 0 Å². The summed E-state index contributed by atoms with van der Waals surface area (Å²) in [5.74, 6) is 0. The van der Waals surface area contributed by atoms with Gasteiger partial charge < -0.3 is 25.3 Å². The van der Waals surface area contributed by atoms with Gasteiger partial charge in [0.25, 0.3) is 0 Å². The molecule has 0 saturated carbocycles. The van der Waals surface area contributed by atoms with Gasteiger partial charge in [0.05, 0.1) is 0 Å². The summed E-state index contributed by atoms with van der Waals surface area (Å²) in [5.41, 5.74) is 0. The predicted molar refractivity (Wildman–Crippen MR) is 43.0 cm³/mol.